The SMILES string of the molecule is CCNC(C1=COCCC1)c1ccc(CC)o1. The molecule has 3 heteroatoms. The molecule has 0 fully saturated rings. The summed E-state index contributed by atoms with van der Waals surface area (Å²) in [5, 5.41) is 3.46. The van der Waals surface area contributed by atoms with Crippen LogP contribution in [-0.4, -0.2) is 13.2 Å². The highest BCUT2D eigenvalue weighted by atomic mass is 16.5. The van der Waals surface area contributed by atoms with Gasteiger partial charge in [-0.3, -0.25) is 0 Å². The lowest BCUT2D eigenvalue weighted by atomic mass is 10.00. The molecule has 3 nitrogen and oxygen atoms in total. The molecule has 1 unspecified atom stereocenters. The van der Waals surface area contributed by atoms with E-state index >= 15 is 0 Å². The van der Waals surface area contributed by atoms with E-state index in [-0.39, 0.29) is 6.04 Å². The first-order valence-electron chi connectivity index (χ1n) is 6.47. The molecule has 0 spiro atoms. The molecule has 0 radical (unpaired) electrons. The molecule has 0 aliphatic carbocycles. The van der Waals surface area contributed by atoms with Gasteiger partial charge in [-0.15, -0.1) is 0 Å². The van der Waals surface area contributed by atoms with Crippen molar-refractivity contribution in [3.05, 3.63) is 35.5 Å². The number of ether oxygens (including phenoxy) is 1. The Morgan fingerprint density at radius 1 is 1.35 bits per heavy atom. The van der Waals surface area contributed by atoms with Crippen molar-refractivity contribution in [3.8, 4) is 0 Å². The molecule has 1 aliphatic heterocycles. The van der Waals surface area contributed by atoms with Crippen LogP contribution in [0.25, 0.3) is 0 Å². The molecule has 2 heterocycles. The average molecular weight is 235 g/mol. The molecule has 1 aromatic heterocycles. The molecule has 1 aliphatic rings. The van der Waals surface area contributed by atoms with Crippen LogP contribution in [0, 0.1) is 0 Å². The van der Waals surface area contributed by atoms with Gasteiger partial charge in [-0.05, 0) is 37.1 Å². The Balaban J connectivity index is 2.18. The highest BCUT2D eigenvalue weighted by molar-refractivity contribution is 5.22. The van der Waals surface area contributed by atoms with Gasteiger partial charge in [0.25, 0.3) is 0 Å². The van der Waals surface area contributed by atoms with E-state index < -0.39 is 0 Å². The van der Waals surface area contributed by atoms with E-state index in [0.717, 1.165) is 43.9 Å². The van der Waals surface area contributed by atoms with Crippen LogP contribution >= 0.6 is 0 Å². The number of nitrogens with one attached hydrogen (secondary N) is 1. The third-order valence-corrected chi connectivity index (χ3v) is 3.06. The normalized spacial score (nSPS) is 17.4. The summed E-state index contributed by atoms with van der Waals surface area (Å²) >= 11 is 0. The quantitative estimate of drug-likeness (QED) is 0.851. The topological polar surface area (TPSA) is 34.4 Å². The van der Waals surface area contributed by atoms with Crippen molar-refractivity contribution in [1.82, 2.24) is 5.32 Å². The van der Waals surface area contributed by atoms with Gasteiger partial charge in [-0.1, -0.05) is 13.8 Å². The molecule has 94 valence electrons. The van der Waals surface area contributed by atoms with E-state index in [2.05, 4.69) is 31.3 Å². The van der Waals surface area contributed by atoms with Gasteiger partial charge in [0, 0.05) is 6.42 Å². The largest absolute Gasteiger partial charge is 0.501 e. The summed E-state index contributed by atoms with van der Waals surface area (Å²) in [5.41, 5.74) is 1.29. The molecular formula is C14H21NO2. The maximum absolute atomic E-state index is 5.84. The summed E-state index contributed by atoms with van der Waals surface area (Å²) in [4.78, 5) is 0. The van der Waals surface area contributed by atoms with Gasteiger partial charge in [0.2, 0.25) is 0 Å². The smallest absolute Gasteiger partial charge is 0.125 e. The van der Waals surface area contributed by atoms with Crippen LogP contribution in [0.3, 0.4) is 0 Å². The maximum Gasteiger partial charge on any atom is 0.125 e. The molecule has 0 bridgehead atoms. The van der Waals surface area contributed by atoms with Gasteiger partial charge < -0.3 is 14.5 Å². The lowest BCUT2D eigenvalue weighted by Gasteiger charge is -2.22. The predicted octanol–water partition coefficient (Wildman–Crippen LogP) is 3.19. The summed E-state index contributed by atoms with van der Waals surface area (Å²) in [5.74, 6) is 2.04. The molecule has 0 aromatic carbocycles. The molecule has 1 N–H and O–H groups in total. The second kappa shape index (κ2) is 5.92. The Kier molecular flexibility index (Phi) is 4.26. The van der Waals surface area contributed by atoms with E-state index in [1.54, 1.807) is 0 Å². The second-order valence-electron chi connectivity index (χ2n) is 4.32. The number of aryl methyl sites for hydroxylation is 1. The summed E-state index contributed by atoms with van der Waals surface area (Å²) in [6.07, 6.45) is 5.01. The molecule has 0 amide bonds. The van der Waals surface area contributed by atoms with Crippen LogP contribution < -0.4 is 5.32 Å². The Bertz CT molecular complexity index is 381. The monoisotopic (exact) mass is 235 g/mol. The Morgan fingerprint density at radius 2 is 2.24 bits per heavy atom. The molecule has 1 aromatic rings. The number of hydrogen-bond donors (Lipinski definition) is 1. The Morgan fingerprint density at radius 3 is 2.82 bits per heavy atom. The molecule has 0 saturated carbocycles. The number of furan rings is 1. The minimum absolute atomic E-state index is 0.167. The zero-order chi connectivity index (χ0) is 12.1. The highest BCUT2D eigenvalue weighted by Crippen LogP contribution is 2.28. The van der Waals surface area contributed by atoms with Crippen molar-refractivity contribution in [2.24, 2.45) is 0 Å². The van der Waals surface area contributed by atoms with Crippen LogP contribution in [0.5, 0.6) is 0 Å². The zero-order valence-corrected chi connectivity index (χ0v) is 10.7. The van der Waals surface area contributed by atoms with E-state index in [9.17, 15) is 0 Å². The fraction of sp³-hybridized carbons (Fsp3) is 0.571. The van der Waals surface area contributed by atoms with Crippen molar-refractivity contribution in [2.45, 2.75) is 39.2 Å². The maximum atomic E-state index is 5.84. The van der Waals surface area contributed by atoms with Crippen LogP contribution in [0.2, 0.25) is 0 Å². The van der Waals surface area contributed by atoms with Gasteiger partial charge in [0.1, 0.15) is 11.5 Å². The van der Waals surface area contributed by atoms with Crippen LogP contribution in [0.4, 0.5) is 0 Å². The first-order chi connectivity index (χ1) is 8.35. The minimum Gasteiger partial charge on any atom is -0.501 e. The molecule has 17 heavy (non-hydrogen) atoms. The van der Waals surface area contributed by atoms with Crippen molar-refractivity contribution in [3.63, 3.8) is 0 Å². The number of likely N-dealkylation sites (N-methyl/N-ethyl adjacent to an activating group) is 1. The average Bonchev–Trinajstić information content (AvgIpc) is 2.85. The third-order valence-electron chi connectivity index (χ3n) is 3.06. The van der Waals surface area contributed by atoms with Crippen molar-refractivity contribution in [1.29, 1.82) is 0 Å². The molecule has 2 rings (SSSR count). The number of hydrogen-bond acceptors (Lipinski definition) is 3. The van der Waals surface area contributed by atoms with E-state index in [1.165, 1.54) is 5.57 Å². The van der Waals surface area contributed by atoms with Gasteiger partial charge in [-0.25, -0.2) is 0 Å². The third kappa shape index (κ3) is 2.91. The summed E-state index contributed by atoms with van der Waals surface area (Å²) in [6, 6.07) is 4.30. The number of rotatable bonds is 5. The van der Waals surface area contributed by atoms with Crippen molar-refractivity contribution in [2.75, 3.05) is 13.2 Å². The van der Waals surface area contributed by atoms with Crippen molar-refractivity contribution >= 4 is 0 Å². The molecular weight excluding hydrogens is 214 g/mol. The first kappa shape index (κ1) is 12.2. The molecule has 1 atom stereocenters. The highest BCUT2D eigenvalue weighted by Gasteiger charge is 2.21. The Labute approximate surface area is 103 Å². The fourth-order valence-corrected chi connectivity index (χ4v) is 2.16. The standard InChI is InChI=1S/C14H21NO2/c1-3-12-7-8-13(17-12)14(15-4-2)11-6-5-9-16-10-11/h7-8,10,14-15H,3-6,9H2,1-2H3. The van der Waals surface area contributed by atoms with Gasteiger partial charge in [0.15, 0.2) is 0 Å². The summed E-state index contributed by atoms with van der Waals surface area (Å²) in [7, 11) is 0. The zero-order valence-electron chi connectivity index (χ0n) is 10.7. The Hall–Kier alpha value is -1.22. The van der Waals surface area contributed by atoms with Gasteiger partial charge in [-0.2, -0.15) is 0 Å². The predicted molar refractivity (Wildman–Crippen MR) is 67.8 cm³/mol. The van der Waals surface area contributed by atoms with Crippen LogP contribution in [-0.2, 0) is 11.2 Å². The molecule has 0 saturated heterocycles. The lowest BCUT2D eigenvalue weighted by Crippen LogP contribution is -2.23. The lowest BCUT2D eigenvalue weighted by molar-refractivity contribution is 0.217. The first-order valence-corrected chi connectivity index (χ1v) is 6.47. The van der Waals surface area contributed by atoms with E-state index in [0.29, 0.717) is 0 Å². The fourth-order valence-electron chi connectivity index (χ4n) is 2.16. The second-order valence-corrected chi connectivity index (χ2v) is 4.32. The van der Waals surface area contributed by atoms with Gasteiger partial charge >= 0.3 is 0 Å². The summed E-state index contributed by atoms with van der Waals surface area (Å²) in [6.45, 7) is 5.97. The summed E-state index contributed by atoms with van der Waals surface area (Å²) < 4.78 is 11.3. The van der Waals surface area contributed by atoms with Crippen LogP contribution in [0.1, 0.15) is 44.3 Å². The van der Waals surface area contributed by atoms with Gasteiger partial charge in [0.05, 0.1) is 18.9 Å². The van der Waals surface area contributed by atoms with E-state index in [4.69, 9.17) is 9.15 Å². The minimum atomic E-state index is 0.167. The van der Waals surface area contributed by atoms with E-state index in [1.807, 2.05) is 6.26 Å². The van der Waals surface area contributed by atoms with Crippen molar-refractivity contribution < 1.29 is 9.15 Å². The van der Waals surface area contributed by atoms with Crippen LogP contribution in [0.15, 0.2) is 28.4 Å².